The average molecular weight is 119 g/mol. The van der Waals surface area contributed by atoms with Crippen molar-refractivity contribution >= 4 is 5.78 Å². The summed E-state index contributed by atoms with van der Waals surface area (Å²) < 4.78 is 0. The third kappa shape index (κ3) is 3.77. The van der Waals surface area contributed by atoms with E-state index in [2.05, 4.69) is 0 Å². The molecule has 1 unspecified atom stereocenters. The molecule has 0 radical (unpaired) electrons. The lowest BCUT2D eigenvalue weighted by Gasteiger charge is -1.98. The van der Waals surface area contributed by atoms with Gasteiger partial charge >= 0.3 is 0 Å². The molecule has 0 bridgehead atoms. The highest BCUT2D eigenvalue weighted by Crippen LogP contribution is 1.74. The first-order valence-corrected chi connectivity index (χ1v) is 2.05. The number of nitrogens with two attached hydrogens (primary N) is 1. The van der Waals surface area contributed by atoms with E-state index in [0.29, 0.717) is 0 Å². The Morgan fingerprint density at radius 2 is 2.25 bits per heavy atom. The molecule has 50 valence electrons. The minimum atomic E-state index is -0.681. The van der Waals surface area contributed by atoms with Crippen molar-refractivity contribution < 1.29 is 9.90 Å². The van der Waals surface area contributed by atoms with Gasteiger partial charge in [-0.1, -0.05) is 7.43 Å². The van der Waals surface area contributed by atoms with E-state index in [4.69, 9.17) is 10.8 Å². The van der Waals surface area contributed by atoms with Crippen LogP contribution < -0.4 is 5.73 Å². The van der Waals surface area contributed by atoms with Crippen molar-refractivity contribution in [1.82, 2.24) is 0 Å². The van der Waals surface area contributed by atoms with Gasteiger partial charge in [-0.25, -0.2) is 0 Å². The van der Waals surface area contributed by atoms with E-state index >= 15 is 0 Å². The van der Waals surface area contributed by atoms with E-state index in [1.807, 2.05) is 0 Å². The third-order valence-corrected chi connectivity index (χ3v) is 0.719. The fourth-order valence-corrected chi connectivity index (χ4v) is 0.129. The number of Topliss-reactive ketones (excluding diaryl/α,β-unsaturated/α-hetero) is 1. The van der Waals surface area contributed by atoms with Gasteiger partial charge in [0.1, 0.15) is 5.78 Å². The van der Waals surface area contributed by atoms with Gasteiger partial charge in [-0.15, -0.1) is 0 Å². The molecule has 3 nitrogen and oxygen atoms in total. The summed E-state index contributed by atoms with van der Waals surface area (Å²) in [5.41, 5.74) is 5.02. The quantitative estimate of drug-likeness (QED) is 0.516. The summed E-state index contributed by atoms with van der Waals surface area (Å²) in [5, 5.41) is 8.16. The molecule has 3 heteroatoms. The summed E-state index contributed by atoms with van der Waals surface area (Å²) in [6.45, 7) is 1.09. The summed E-state index contributed by atoms with van der Waals surface area (Å²) in [7, 11) is 0. The van der Waals surface area contributed by atoms with Crippen molar-refractivity contribution in [3.05, 3.63) is 0 Å². The summed E-state index contributed by atoms with van der Waals surface area (Å²) in [5.74, 6) is -0.178. The smallest absolute Gasteiger partial charge is 0.148 e. The van der Waals surface area contributed by atoms with Crippen LogP contribution in [-0.4, -0.2) is 23.5 Å². The van der Waals surface area contributed by atoms with E-state index < -0.39 is 6.04 Å². The van der Waals surface area contributed by atoms with E-state index in [1.165, 1.54) is 6.92 Å². The highest BCUT2D eigenvalue weighted by Gasteiger charge is 2.02. The SMILES string of the molecule is C.CC(=O)C(N)CO. The molecule has 0 aromatic carbocycles. The molecule has 0 amide bonds. The van der Waals surface area contributed by atoms with Gasteiger partial charge in [0.2, 0.25) is 0 Å². The van der Waals surface area contributed by atoms with Gasteiger partial charge in [0.15, 0.2) is 0 Å². The zero-order valence-electron chi connectivity index (χ0n) is 4.22. The molecule has 3 N–H and O–H groups in total. The molecule has 0 aliphatic carbocycles. The van der Waals surface area contributed by atoms with Crippen LogP contribution in [0.1, 0.15) is 14.4 Å². The predicted molar refractivity (Wildman–Crippen MR) is 32.5 cm³/mol. The second-order valence-electron chi connectivity index (χ2n) is 1.40. The van der Waals surface area contributed by atoms with E-state index in [9.17, 15) is 4.79 Å². The number of hydrogen-bond donors (Lipinski definition) is 2. The van der Waals surface area contributed by atoms with Crippen LogP contribution in [-0.2, 0) is 4.79 Å². The normalized spacial score (nSPS) is 11.9. The fraction of sp³-hybridized carbons (Fsp3) is 0.800. The van der Waals surface area contributed by atoms with Crippen LogP contribution in [0.5, 0.6) is 0 Å². The standard InChI is InChI=1S/C4H9NO2.CH4/c1-3(7)4(5)2-6;/h4,6H,2,5H2,1H3;1H4. The van der Waals surface area contributed by atoms with E-state index in [-0.39, 0.29) is 19.8 Å². The first-order chi connectivity index (χ1) is 3.18. The maximum atomic E-state index is 10.1. The number of ketones is 1. The minimum Gasteiger partial charge on any atom is -0.394 e. The topological polar surface area (TPSA) is 63.3 Å². The van der Waals surface area contributed by atoms with Gasteiger partial charge in [0.05, 0.1) is 12.6 Å². The van der Waals surface area contributed by atoms with Gasteiger partial charge in [0.25, 0.3) is 0 Å². The Morgan fingerprint density at radius 3 is 2.25 bits per heavy atom. The summed E-state index contributed by atoms with van der Waals surface area (Å²) in [6, 6.07) is -0.681. The van der Waals surface area contributed by atoms with Gasteiger partial charge in [-0.2, -0.15) is 0 Å². The van der Waals surface area contributed by atoms with Crippen molar-refractivity contribution in [2.24, 2.45) is 5.73 Å². The molecule has 0 aliphatic rings. The van der Waals surface area contributed by atoms with E-state index in [0.717, 1.165) is 0 Å². The summed E-state index contributed by atoms with van der Waals surface area (Å²) in [6.07, 6.45) is 0. The average Bonchev–Trinajstić information content (AvgIpc) is 1.65. The molecule has 0 aromatic heterocycles. The van der Waals surface area contributed by atoms with Crippen molar-refractivity contribution in [2.75, 3.05) is 6.61 Å². The van der Waals surface area contributed by atoms with Crippen LogP contribution in [0.4, 0.5) is 0 Å². The molecule has 0 aromatic rings. The molecule has 0 spiro atoms. The Kier molecular flexibility index (Phi) is 6.25. The van der Waals surface area contributed by atoms with Crippen molar-refractivity contribution in [3.8, 4) is 0 Å². The number of carbonyl (C=O) groups excluding carboxylic acids is 1. The van der Waals surface area contributed by atoms with Crippen LogP contribution in [0.3, 0.4) is 0 Å². The van der Waals surface area contributed by atoms with Crippen LogP contribution >= 0.6 is 0 Å². The Balaban J connectivity index is 0. The molecule has 0 saturated heterocycles. The van der Waals surface area contributed by atoms with Crippen molar-refractivity contribution in [1.29, 1.82) is 0 Å². The number of hydrogen-bond acceptors (Lipinski definition) is 3. The van der Waals surface area contributed by atoms with Crippen LogP contribution in [0.15, 0.2) is 0 Å². The molecule has 0 heterocycles. The number of aliphatic hydroxyl groups excluding tert-OH is 1. The van der Waals surface area contributed by atoms with Gasteiger partial charge in [-0.05, 0) is 6.92 Å². The maximum Gasteiger partial charge on any atom is 0.148 e. The first-order valence-electron chi connectivity index (χ1n) is 2.05. The van der Waals surface area contributed by atoms with Gasteiger partial charge in [-0.3, -0.25) is 4.79 Å². The molecule has 0 saturated carbocycles. The van der Waals surface area contributed by atoms with E-state index in [1.54, 1.807) is 0 Å². The highest BCUT2D eigenvalue weighted by atomic mass is 16.3. The molecule has 1 atom stereocenters. The minimum absolute atomic E-state index is 0. The molecular formula is C5H13NO2. The largest absolute Gasteiger partial charge is 0.394 e. The summed E-state index contributed by atoms with van der Waals surface area (Å²) >= 11 is 0. The van der Waals surface area contributed by atoms with Crippen LogP contribution in [0, 0.1) is 0 Å². The molecule has 0 fully saturated rings. The van der Waals surface area contributed by atoms with Crippen LogP contribution in [0.25, 0.3) is 0 Å². The lowest BCUT2D eigenvalue weighted by Crippen LogP contribution is -2.31. The molecule has 0 aliphatic heterocycles. The molecular weight excluding hydrogens is 106 g/mol. The Hall–Kier alpha value is -0.410. The third-order valence-electron chi connectivity index (χ3n) is 0.719. The Bertz CT molecular complexity index is 72.8. The molecule has 0 rings (SSSR count). The number of rotatable bonds is 2. The number of aliphatic hydroxyl groups is 1. The van der Waals surface area contributed by atoms with Crippen molar-refractivity contribution in [3.63, 3.8) is 0 Å². The van der Waals surface area contributed by atoms with Gasteiger partial charge < -0.3 is 10.8 Å². The van der Waals surface area contributed by atoms with Crippen LogP contribution in [0.2, 0.25) is 0 Å². The molecule has 8 heavy (non-hydrogen) atoms. The monoisotopic (exact) mass is 119 g/mol. The van der Waals surface area contributed by atoms with Crippen molar-refractivity contribution in [2.45, 2.75) is 20.4 Å². The zero-order chi connectivity index (χ0) is 5.86. The second kappa shape index (κ2) is 4.74. The first kappa shape index (κ1) is 10.5. The predicted octanol–water partition coefficient (Wildman–Crippen LogP) is -0.469. The Labute approximate surface area is 49.5 Å². The lowest BCUT2D eigenvalue weighted by molar-refractivity contribution is -0.118. The fourth-order valence-electron chi connectivity index (χ4n) is 0.129. The lowest BCUT2D eigenvalue weighted by atomic mass is 10.2. The second-order valence-corrected chi connectivity index (χ2v) is 1.40. The van der Waals surface area contributed by atoms with Gasteiger partial charge in [0, 0.05) is 0 Å². The summed E-state index contributed by atoms with van der Waals surface area (Å²) in [4.78, 5) is 10.1. The number of carbonyl (C=O) groups is 1. The maximum absolute atomic E-state index is 10.1. The zero-order valence-corrected chi connectivity index (χ0v) is 4.22. The highest BCUT2D eigenvalue weighted by molar-refractivity contribution is 5.81. The Morgan fingerprint density at radius 1 is 1.88 bits per heavy atom.